The molecule has 0 aliphatic heterocycles. The molecule has 7 nitrogen and oxygen atoms in total. The Labute approximate surface area is 244 Å². The Morgan fingerprint density at radius 3 is 1.93 bits per heavy atom. The molecule has 0 aromatic heterocycles. The molecule has 0 unspecified atom stereocenters. The standard InChI is InChI=1S/C35H29NO6/c1-2-33(37)41-25-7-6-24-40-31-22-16-29(17-23-31)35(39)42-32-20-14-27(15-21-32)11-10-26-12-18-30(19-13-26)36-34(38)28-8-4-3-5-9-28/h2-5,8-9,12-23H,1,6-7,24-25H2,(H,36,38). The molecule has 7 heteroatoms. The van der Waals surface area contributed by atoms with Gasteiger partial charge >= 0.3 is 11.9 Å². The van der Waals surface area contributed by atoms with Crippen LogP contribution in [-0.2, 0) is 9.53 Å². The van der Waals surface area contributed by atoms with Gasteiger partial charge in [-0.1, -0.05) is 36.6 Å². The van der Waals surface area contributed by atoms with Crippen LogP contribution in [0.4, 0.5) is 5.69 Å². The highest BCUT2D eigenvalue weighted by Gasteiger charge is 2.09. The van der Waals surface area contributed by atoms with Crippen LogP contribution in [0.2, 0.25) is 0 Å². The first-order valence-corrected chi connectivity index (χ1v) is 13.3. The minimum atomic E-state index is -0.483. The molecule has 4 aromatic carbocycles. The highest BCUT2D eigenvalue weighted by Crippen LogP contribution is 2.17. The smallest absolute Gasteiger partial charge is 0.343 e. The number of unbranched alkanes of at least 4 members (excludes halogenated alkanes) is 1. The Balaban J connectivity index is 1.22. The first-order valence-electron chi connectivity index (χ1n) is 13.3. The third-order valence-corrected chi connectivity index (χ3v) is 5.90. The van der Waals surface area contributed by atoms with E-state index in [0.29, 0.717) is 47.9 Å². The summed E-state index contributed by atoms with van der Waals surface area (Å²) >= 11 is 0. The largest absolute Gasteiger partial charge is 0.494 e. The summed E-state index contributed by atoms with van der Waals surface area (Å²) in [5.74, 6) is 6.12. The molecular weight excluding hydrogens is 530 g/mol. The van der Waals surface area contributed by atoms with E-state index in [1.54, 1.807) is 72.8 Å². The van der Waals surface area contributed by atoms with Crippen molar-refractivity contribution < 1.29 is 28.6 Å². The number of esters is 2. The average molecular weight is 560 g/mol. The van der Waals surface area contributed by atoms with Gasteiger partial charge in [0.2, 0.25) is 0 Å². The number of hydrogen-bond acceptors (Lipinski definition) is 6. The maximum Gasteiger partial charge on any atom is 0.343 e. The predicted octanol–water partition coefficient (Wildman–Crippen LogP) is 6.45. The van der Waals surface area contributed by atoms with Crippen molar-refractivity contribution in [3.8, 4) is 23.3 Å². The van der Waals surface area contributed by atoms with Crippen LogP contribution in [0.5, 0.6) is 11.5 Å². The number of ether oxygens (including phenoxy) is 3. The van der Waals surface area contributed by atoms with E-state index in [2.05, 4.69) is 23.7 Å². The minimum absolute atomic E-state index is 0.171. The van der Waals surface area contributed by atoms with Gasteiger partial charge in [-0.2, -0.15) is 0 Å². The summed E-state index contributed by atoms with van der Waals surface area (Å²) in [6, 6.07) is 29.9. The zero-order valence-corrected chi connectivity index (χ0v) is 22.9. The number of nitrogens with one attached hydrogen (secondary N) is 1. The lowest BCUT2D eigenvalue weighted by Crippen LogP contribution is -2.11. The first-order chi connectivity index (χ1) is 20.5. The molecule has 4 rings (SSSR count). The number of hydrogen-bond donors (Lipinski definition) is 1. The molecule has 42 heavy (non-hydrogen) atoms. The number of benzene rings is 4. The Morgan fingerprint density at radius 2 is 1.29 bits per heavy atom. The molecule has 0 atom stereocenters. The average Bonchev–Trinajstić information content (AvgIpc) is 3.03. The summed E-state index contributed by atoms with van der Waals surface area (Å²) in [5.41, 5.74) is 3.23. The normalized spacial score (nSPS) is 10.0. The van der Waals surface area contributed by atoms with Crippen LogP contribution in [0.1, 0.15) is 44.7 Å². The molecule has 4 aromatic rings. The van der Waals surface area contributed by atoms with Crippen molar-refractivity contribution >= 4 is 23.5 Å². The van der Waals surface area contributed by atoms with Crippen LogP contribution in [0.25, 0.3) is 0 Å². The monoisotopic (exact) mass is 559 g/mol. The van der Waals surface area contributed by atoms with Gasteiger partial charge in [0.25, 0.3) is 5.91 Å². The van der Waals surface area contributed by atoms with Gasteiger partial charge in [-0.05, 0) is 97.8 Å². The summed E-state index contributed by atoms with van der Waals surface area (Å²) in [6.07, 6.45) is 2.53. The minimum Gasteiger partial charge on any atom is -0.494 e. The molecule has 0 heterocycles. The summed E-state index contributed by atoms with van der Waals surface area (Å²) in [7, 11) is 0. The third-order valence-electron chi connectivity index (χ3n) is 5.90. The summed E-state index contributed by atoms with van der Waals surface area (Å²) < 4.78 is 16.0. The van der Waals surface area contributed by atoms with Gasteiger partial charge in [-0.3, -0.25) is 4.79 Å². The van der Waals surface area contributed by atoms with Crippen molar-refractivity contribution in [1.29, 1.82) is 0 Å². The first kappa shape index (κ1) is 29.4. The number of rotatable bonds is 11. The molecule has 0 saturated heterocycles. The Hall–Kier alpha value is -5.61. The number of amides is 1. The third kappa shape index (κ3) is 9.25. The quantitative estimate of drug-likeness (QED) is 0.0747. The second-order valence-electron chi connectivity index (χ2n) is 9.01. The van der Waals surface area contributed by atoms with Gasteiger partial charge in [0.1, 0.15) is 11.5 Å². The van der Waals surface area contributed by atoms with Crippen molar-refractivity contribution in [3.05, 3.63) is 138 Å². The Morgan fingerprint density at radius 1 is 0.690 bits per heavy atom. The molecule has 0 spiro atoms. The van der Waals surface area contributed by atoms with Crippen molar-refractivity contribution in [1.82, 2.24) is 0 Å². The van der Waals surface area contributed by atoms with E-state index in [0.717, 1.165) is 23.6 Å². The van der Waals surface area contributed by atoms with E-state index in [9.17, 15) is 14.4 Å². The van der Waals surface area contributed by atoms with Crippen LogP contribution in [0, 0.1) is 11.8 Å². The van der Waals surface area contributed by atoms with E-state index in [4.69, 9.17) is 14.2 Å². The fourth-order valence-electron chi connectivity index (χ4n) is 3.66. The lowest BCUT2D eigenvalue weighted by atomic mass is 10.1. The molecular formula is C35H29NO6. The van der Waals surface area contributed by atoms with Crippen LogP contribution >= 0.6 is 0 Å². The highest BCUT2D eigenvalue weighted by atomic mass is 16.5. The molecule has 0 fully saturated rings. The van der Waals surface area contributed by atoms with Crippen LogP contribution in [0.3, 0.4) is 0 Å². The molecule has 1 amide bonds. The molecule has 0 aliphatic carbocycles. The van der Waals surface area contributed by atoms with E-state index in [-0.39, 0.29) is 5.91 Å². The van der Waals surface area contributed by atoms with Crippen LogP contribution in [0.15, 0.2) is 116 Å². The van der Waals surface area contributed by atoms with Crippen molar-refractivity contribution in [2.75, 3.05) is 18.5 Å². The van der Waals surface area contributed by atoms with Crippen molar-refractivity contribution in [2.45, 2.75) is 12.8 Å². The topological polar surface area (TPSA) is 90.9 Å². The zero-order valence-electron chi connectivity index (χ0n) is 22.9. The molecule has 210 valence electrons. The van der Waals surface area contributed by atoms with Gasteiger partial charge in [0.05, 0.1) is 18.8 Å². The van der Waals surface area contributed by atoms with Gasteiger partial charge < -0.3 is 19.5 Å². The summed E-state index contributed by atoms with van der Waals surface area (Å²) in [4.78, 5) is 35.8. The molecule has 1 N–H and O–H groups in total. The summed E-state index contributed by atoms with van der Waals surface area (Å²) in [6.45, 7) is 4.13. The fraction of sp³-hybridized carbons (Fsp3) is 0.114. The van der Waals surface area contributed by atoms with Gasteiger partial charge in [-0.15, -0.1) is 0 Å². The van der Waals surface area contributed by atoms with Gasteiger partial charge in [-0.25, -0.2) is 9.59 Å². The van der Waals surface area contributed by atoms with E-state index < -0.39 is 11.9 Å². The summed E-state index contributed by atoms with van der Waals surface area (Å²) in [5, 5.41) is 2.86. The van der Waals surface area contributed by atoms with Crippen molar-refractivity contribution in [2.24, 2.45) is 0 Å². The van der Waals surface area contributed by atoms with Gasteiger partial charge in [0.15, 0.2) is 0 Å². The van der Waals surface area contributed by atoms with Crippen molar-refractivity contribution in [3.63, 3.8) is 0 Å². The SMILES string of the molecule is C=CC(=O)OCCCCOc1ccc(C(=O)Oc2ccc(C#Cc3ccc(NC(=O)c4ccccc4)cc3)cc2)cc1. The highest BCUT2D eigenvalue weighted by molar-refractivity contribution is 6.04. The van der Waals surface area contributed by atoms with Crippen LogP contribution in [-0.4, -0.2) is 31.1 Å². The molecule has 0 aliphatic rings. The Bertz CT molecular complexity index is 1570. The predicted molar refractivity (Wildman–Crippen MR) is 161 cm³/mol. The van der Waals surface area contributed by atoms with Gasteiger partial charge in [0, 0.05) is 28.5 Å². The Kier molecular flexibility index (Phi) is 10.7. The zero-order chi connectivity index (χ0) is 29.6. The molecule has 0 bridgehead atoms. The maximum absolute atomic E-state index is 12.5. The number of carbonyl (C=O) groups is 3. The van der Waals surface area contributed by atoms with E-state index in [1.807, 2.05) is 30.3 Å². The lowest BCUT2D eigenvalue weighted by Gasteiger charge is -2.08. The van der Waals surface area contributed by atoms with Crippen LogP contribution < -0.4 is 14.8 Å². The second kappa shape index (κ2) is 15.2. The van der Waals surface area contributed by atoms with E-state index >= 15 is 0 Å². The number of anilines is 1. The van der Waals surface area contributed by atoms with E-state index in [1.165, 1.54) is 0 Å². The lowest BCUT2D eigenvalue weighted by molar-refractivity contribution is -0.137. The maximum atomic E-state index is 12.5. The molecule has 0 saturated carbocycles. The second-order valence-corrected chi connectivity index (χ2v) is 9.01. The number of carbonyl (C=O) groups excluding carboxylic acids is 3. The molecule has 0 radical (unpaired) electrons. The fourth-order valence-corrected chi connectivity index (χ4v) is 3.66.